The number of hydrogen-bond donors (Lipinski definition) is 1. The van der Waals surface area contributed by atoms with Crippen LogP contribution < -0.4 is 0 Å². The van der Waals surface area contributed by atoms with Crippen molar-refractivity contribution in [2.24, 2.45) is 0 Å². The minimum atomic E-state index is -1.56. The van der Waals surface area contributed by atoms with Gasteiger partial charge in [0.15, 0.2) is 17.5 Å². The molecule has 0 bridgehead atoms. The maximum atomic E-state index is 13.7. The molecule has 0 saturated carbocycles. The normalized spacial score (nSPS) is 20.8. The quantitative estimate of drug-likeness (QED) is 0.484. The predicted molar refractivity (Wildman–Crippen MR) is 89.7 cm³/mol. The number of carboxylic acid groups (broad SMARTS) is 1. The summed E-state index contributed by atoms with van der Waals surface area (Å²) in [5.74, 6) is -5.66. The molecule has 1 amide bonds. The topological polar surface area (TPSA) is 57.6 Å². The van der Waals surface area contributed by atoms with Gasteiger partial charge in [-0.05, 0) is 43.9 Å². The predicted octanol–water partition coefficient (Wildman–Crippen LogP) is 4.13. The molecule has 26 heavy (non-hydrogen) atoms. The summed E-state index contributed by atoms with van der Waals surface area (Å²) in [6, 6.07) is 0.554. The third kappa shape index (κ3) is 4.15. The Bertz CT molecular complexity index is 737. The number of likely N-dealkylation sites (tertiary alicyclic amines) is 1. The molecule has 2 rings (SSSR count). The van der Waals surface area contributed by atoms with Crippen LogP contribution in [0, 0.1) is 17.5 Å². The molecule has 1 saturated heterocycles. The van der Waals surface area contributed by atoms with Crippen molar-refractivity contribution < 1.29 is 27.9 Å². The van der Waals surface area contributed by atoms with Crippen LogP contribution in [0.3, 0.4) is 0 Å². The van der Waals surface area contributed by atoms with Crippen LogP contribution in [0.15, 0.2) is 36.4 Å². The minimum absolute atomic E-state index is 0.000875. The van der Waals surface area contributed by atoms with E-state index in [0.717, 1.165) is 12.1 Å². The van der Waals surface area contributed by atoms with Crippen molar-refractivity contribution in [2.75, 3.05) is 0 Å². The molecule has 1 aliphatic rings. The van der Waals surface area contributed by atoms with Crippen LogP contribution in [0.1, 0.15) is 44.2 Å². The molecule has 1 N–H and O–H groups in total. The van der Waals surface area contributed by atoms with E-state index in [1.807, 2.05) is 0 Å². The smallest absolute Gasteiger partial charge is 0.331 e. The zero-order valence-corrected chi connectivity index (χ0v) is 14.3. The van der Waals surface area contributed by atoms with Gasteiger partial charge in [-0.1, -0.05) is 12.2 Å². The molecule has 1 aromatic carbocycles. The van der Waals surface area contributed by atoms with Crippen LogP contribution in [0.2, 0.25) is 0 Å². The van der Waals surface area contributed by atoms with Crippen LogP contribution >= 0.6 is 0 Å². The molecule has 0 aromatic heterocycles. The third-order valence-electron chi connectivity index (χ3n) is 4.45. The minimum Gasteiger partial charge on any atom is -0.478 e. The first kappa shape index (κ1) is 19.8. The average Bonchev–Trinajstić information content (AvgIpc) is 2.59. The van der Waals surface area contributed by atoms with Crippen LogP contribution in [0.5, 0.6) is 0 Å². The summed E-state index contributed by atoms with van der Waals surface area (Å²) in [5, 5.41) is 9.10. The highest BCUT2D eigenvalue weighted by atomic mass is 19.2. The van der Waals surface area contributed by atoms with Gasteiger partial charge in [0.25, 0.3) is 0 Å². The second kappa shape index (κ2) is 8.21. The van der Waals surface area contributed by atoms with Gasteiger partial charge >= 0.3 is 5.97 Å². The molecule has 1 aromatic rings. The molecule has 1 aliphatic heterocycles. The summed E-state index contributed by atoms with van der Waals surface area (Å²) in [5.41, 5.74) is 0.216. The fraction of sp³-hybridized carbons (Fsp3) is 0.368. The number of amides is 1. The Balaban J connectivity index is 2.48. The van der Waals surface area contributed by atoms with Gasteiger partial charge < -0.3 is 10.0 Å². The van der Waals surface area contributed by atoms with Gasteiger partial charge in [0.05, 0.1) is 12.1 Å². The van der Waals surface area contributed by atoms with Crippen LogP contribution in [0.25, 0.3) is 0 Å². The zero-order chi connectivity index (χ0) is 19.4. The van der Waals surface area contributed by atoms with E-state index in [4.69, 9.17) is 5.11 Å². The van der Waals surface area contributed by atoms with Gasteiger partial charge in [0.2, 0.25) is 5.91 Å². The number of benzene rings is 1. The van der Waals surface area contributed by atoms with Crippen molar-refractivity contribution >= 4 is 11.9 Å². The summed E-state index contributed by atoms with van der Waals surface area (Å²) in [4.78, 5) is 25.1. The summed E-state index contributed by atoms with van der Waals surface area (Å²) in [6.07, 6.45) is 4.45. The molecule has 2 atom stereocenters. The Morgan fingerprint density at radius 3 is 2.42 bits per heavy atom. The fourth-order valence-corrected chi connectivity index (χ4v) is 3.24. The second-order valence-corrected chi connectivity index (χ2v) is 6.26. The molecule has 7 heteroatoms. The van der Waals surface area contributed by atoms with Crippen molar-refractivity contribution in [1.29, 1.82) is 0 Å². The Labute approximate surface area is 149 Å². The number of carboxylic acids is 1. The Morgan fingerprint density at radius 2 is 1.88 bits per heavy atom. The molecule has 0 aliphatic carbocycles. The molecule has 140 valence electrons. The molecular weight excluding hydrogens is 347 g/mol. The van der Waals surface area contributed by atoms with E-state index in [-0.39, 0.29) is 23.5 Å². The lowest BCUT2D eigenvalue weighted by Gasteiger charge is -2.41. The van der Waals surface area contributed by atoms with E-state index in [1.54, 1.807) is 0 Å². The summed E-state index contributed by atoms with van der Waals surface area (Å²) in [7, 11) is 0. The SMILES string of the molecule is C=CCC(=O)N1[C@@H](/C=C(\C)C(=O)O)CCC[C@H]1c1cc(F)c(F)c(F)c1. The van der Waals surface area contributed by atoms with E-state index in [0.29, 0.717) is 19.3 Å². The number of hydrogen-bond acceptors (Lipinski definition) is 2. The van der Waals surface area contributed by atoms with Gasteiger partial charge in [-0.2, -0.15) is 0 Å². The Morgan fingerprint density at radius 1 is 1.27 bits per heavy atom. The van der Waals surface area contributed by atoms with Gasteiger partial charge in [0, 0.05) is 12.0 Å². The number of halogens is 3. The zero-order valence-electron chi connectivity index (χ0n) is 14.3. The number of nitrogens with zero attached hydrogens (tertiary/aromatic N) is 1. The number of rotatable bonds is 5. The summed E-state index contributed by atoms with van der Waals surface area (Å²) < 4.78 is 40.6. The van der Waals surface area contributed by atoms with Crippen molar-refractivity contribution in [1.82, 2.24) is 4.90 Å². The third-order valence-corrected chi connectivity index (χ3v) is 4.45. The first-order valence-electron chi connectivity index (χ1n) is 8.24. The van der Waals surface area contributed by atoms with Crippen molar-refractivity contribution in [3.63, 3.8) is 0 Å². The van der Waals surface area contributed by atoms with Crippen LogP contribution in [-0.2, 0) is 9.59 Å². The first-order valence-corrected chi connectivity index (χ1v) is 8.24. The highest BCUT2D eigenvalue weighted by Crippen LogP contribution is 2.37. The Kier molecular flexibility index (Phi) is 6.23. The van der Waals surface area contributed by atoms with Crippen molar-refractivity contribution in [2.45, 2.75) is 44.7 Å². The van der Waals surface area contributed by atoms with E-state index in [1.165, 1.54) is 24.0 Å². The molecule has 0 spiro atoms. The van der Waals surface area contributed by atoms with Gasteiger partial charge in [0.1, 0.15) is 0 Å². The Hall–Kier alpha value is -2.57. The molecule has 0 unspecified atom stereocenters. The largest absolute Gasteiger partial charge is 0.478 e. The van der Waals surface area contributed by atoms with Gasteiger partial charge in [-0.3, -0.25) is 4.79 Å². The van der Waals surface area contributed by atoms with E-state index in [9.17, 15) is 22.8 Å². The molecular formula is C19H20F3NO3. The lowest BCUT2D eigenvalue weighted by Crippen LogP contribution is -2.45. The van der Waals surface area contributed by atoms with E-state index < -0.39 is 35.5 Å². The maximum absolute atomic E-state index is 13.7. The van der Waals surface area contributed by atoms with Gasteiger partial charge in [-0.25, -0.2) is 18.0 Å². The second-order valence-electron chi connectivity index (χ2n) is 6.26. The van der Waals surface area contributed by atoms with Gasteiger partial charge in [-0.15, -0.1) is 6.58 Å². The number of piperidine rings is 1. The average molecular weight is 367 g/mol. The lowest BCUT2D eigenvalue weighted by molar-refractivity contribution is -0.137. The number of carbonyl (C=O) groups excluding carboxylic acids is 1. The molecule has 1 fully saturated rings. The molecule has 4 nitrogen and oxygen atoms in total. The molecule has 1 heterocycles. The molecule has 0 radical (unpaired) electrons. The van der Waals surface area contributed by atoms with Crippen molar-refractivity contribution in [3.8, 4) is 0 Å². The highest BCUT2D eigenvalue weighted by molar-refractivity contribution is 5.86. The maximum Gasteiger partial charge on any atom is 0.331 e. The highest BCUT2D eigenvalue weighted by Gasteiger charge is 2.34. The summed E-state index contributed by atoms with van der Waals surface area (Å²) in [6.45, 7) is 4.94. The van der Waals surface area contributed by atoms with Crippen LogP contribution in [0.4, 0.5) is 13.2 Å². The lowest BCUT2D eigenvalue weighted by atomic mass is 9.89. The van der Waals surface area contributed by atoms with Crippen LogP contribution in [-0.4, -0.2) is 27.9 Å². The summed E-state index contributed by atoms with van der Waals surface area (Å²) >= 11 is 0. The first-order chi connectivity index (χ1) is 12.3. The number of carbonyl (C=O) groups is 2. The van der Waals surface area contributed by atoms with E-state index >= 15 is 0 Å². The van der Waals surface area contributed by atoms with E-state index in [2.05, 4.69) is 6.58 Å². The van der Waals surface area contributed by atoms with Crippen molar-refractivity contribution in [3.05, 3.63) is 59.5 Å². The number of aliphatic carboxylic acids is 1. The fourth-order valence-electron chi connectivity index (χ4n) is 3.24. The standard InChI is InChI=1S/C19H20F3NO3/c1-3-5-17(24)23-13(8-11(2)19(25)26)6-4-7-16(23)12-9-14(20)18(22)15(21)10-12/h3,8-10,13,16H,1,4-7H2,2H3,(H,25,26)/b11-8+/t13-,16+/m1/s1. The monoisotopic (exact) mass is 367 g/mol.